The zero-order valence-electron chi connectivity index (χ0n) is 14.9. The van der Waals surface area contributed by atoms with Gasteiger partial charge in [0.25, 0.3) is 5.91 Å². The number of halogens is 4. The largest absolute Gasteiger partial charge is 0.417 e. The third kappa shape index (κ3) is 3.63. The molecule has 28 heavy (non-hydrogen) atoms. The Labute approximate surface area is 158 Å². The lowest BCUT2D eigenvalue weighted by Gasteiger charge is -2.28. The molecule has 6 nitrogen and oxygen atoms in total. The summed E-state index contributed by atoms with van der Waals surface area (Å²) in [4.78, 5) is 16.3. The molecule has 1 aromatic heterocycles. The molecule has 0 bridgehead atoms. The summed E-state index contributed by atoms with van der Waals surface area (Å²) < 4.78 is 52.1. The van der Waals surface area contributed by atoms with Crippen molar-refractivity contribution in [3.63, 3.8) is 0 Å². The number of carbonyl (C=O) groups excluding carboxylic acids is 1. The van der Waals surface area contributed by atoms with Crippen molar-refractivity contribution in [3.05, 3.63) is 65.4 Å². The molecule has 1 atom stereocenters. The first-order valence-corrected chi connectivity index (χ1v) is 8.17. The first kappa shape index (κ1) is 19.6. The summed E-state index contributed by atoms with van der Waals surface area (Å²) in [7, 11) is 0. The maximum Gasteiger partial charge on any atom is 0.417 e. The fraction of sp³-hybridized carbons (Fsp3) is 0.222. The van der Waals surface area contributed by atoms with E-state index in [-0.39, 0.29) is 17.3 Å². The predicted molar refractivity (Wildman–Crippen MR) is 95.3 cm³/mol. The number of benzene rings is 1. The van der Waals surface area contributed by atoms with Crippen molar-refractivity contribution in [3.8, 4) is 0 Å². The summed E-state index contributed by atoms with van der Waals surface area (Å²) in [5, 5.41) is 3.68. The van der Waals surface area contributed by atoms with Crippen LogP contribution in [0.3, 0.4) is 0 Å². The molecule has 0 radical (unpaired) electrons. The first-order chi connectivity index (χ1) is 13.0. The molecular formula is C18H17F4N5O. The number of hydrazine groups is 1. The zero-order chi connectivity index (χ0) is 20.7. The molecule has 1 unspecified atom stereocenters. The standard InChI is InChI=1S/C18H17F4N5O/c1-10-4-3-5-12(19)15(10)27-13(23)8-17(2,26-27)16(28)25-14-7-6-11(9-24-14)18(20,21)22/h3-9,26H,23H2,1-2H3,(H,24,25,28). The van der Waals surface area contributed by atoms with Crippen LogP contribution >= 0.6 is 0 Å². The van der Waals surface area contributed by atoms with Crippen LogP contribution in [0.4, 0.5) is 29.1 Å². The smallest absolute Gasteiger partial charge is 0.384 e. The molecule has 1 aromatic carbocycles. The van der Waals surface area contributed by atoms with E-state index in [2.05, 4.69) is 15.7 Å². The fourth-order valence-corrected chi connectivity index (χ4v) is 2.78. The van der Waals surface area contributed by atoms with Gasteiger partial charge < -0.3 is 11.1 Å². The van der Waals surface area contributed by atoms with Crippen LogP contribution in [0.1, 0.15) is 18.1 Å². The molecule has 1 aliphatic rings. The van der Waals surface area contributed by atoms with Crippen LogP contribution < -0.4 is 21.5 Å². The Bertz CT molecular complexity index is 922. The van der Waals surface area contributed by atoms with E-state index in [0.717, 1.165) is 12.1 Å². The van der Waals surface area contributed by atoms with E-state index in [0.29, 0.717) is 11.8 Å². The first-order valence-electron chi connectivity index (χ1n) is 8.17. The molecule has 0 fully saturated rings. The Hall–Kier alpha value is -3.14. The maximum absolute atomic E-state index is 14.2. The fourth-order valence-electron chi connectivity index (χ4n) is 2.78. The van der Waals surface area contributed by atoms with Crippen molar-refractivity contribution < 1.29 is 22.4 Å². The van der Waals surface area contributed by atoms with Crippen LogP contribution in [0.15, 0.2) is 48.4 Å². The summed E-state index contributed by atoms with van der Waals surface area (Å²) in [6, 6.07) is 6.36. The van der Waals surface area contributed by atoms with Crippen molar-refractivity contribution in [2.24, 2.45) is 5.73 Å². The number of hydrogen-bond acceptors (Lipinski definition) is 5. The number of aryl methyl sites for hydroxylation is 1. The van der Waals surface area contributed by atoms with Gasteiger partial charge in [0.1, 0.15) is 23.0 Å². The summed E-state index contributed by atoms with van der Waals surface area (Å²) in [5.74, 6) is -1.11. The van der Waals surface area contributed by atoms with Crippen LogP contribution in [0.25, 0.3) is 0 Å². The molecule has 1 amide bonds. The van der Waals surface area contributed by atoms with Gasteiger partial charge in [-0.3, -0.25) is 9.80 Å². The second kappa shape index (κ2) is 6.79. The van der Waals surface area contributed by atoms with Gasteiger partial charge >= 0.3 is 6.18 Å². The number of nitrogens with two attached hydrogens (primary N) is 1. The van der Waals surface area contributed by atoms with Gasteiger partial charge in [-0.2, -0.15) is 13.2 Å². The molecule has 0 saturated heterocycles. The SMILES string of the molecule is Cc1cccc(F)c1N1NC(C)(C(=O)Nc2ccc(C(F)(F)F)cn2)C=C1N. The second-order valence-corrected chi connectivity index (χ2v) is 6.51. The number of amides is 1. The third-order valence-electron chi connectivity index (χ3n) is 4.26. The molecule has 4 N–H and O–H groups in total. The van der Waals surface area contributed by atoms with Gasteiger partial charge in [0.15, 0.2) is 0 Å². The molecule has 148 valence electrons. The van der Waals surface area contributed by atoms with E-state index in [1.165, 1.54) is 24.1 Å². The number of rotatable bonds is 3. The number of carbonyl (C=O) groups is 1. The normalized spacial score (nSPS) is 19.5. The Kier molecular flexibility index (Phi) is 4.76. The number of para-hydroxylation sites is 1. The minimum atomic E-state index is -4.52. The highest BCUT2D eigenvalue weighted by molar-refractivity contribution is 5.99. The molecule has 2 heterocycles. The number of alkyl halides is 3. The van der Waals surface area contributed by atoms with Crippen LogP contribution in [0.2, 0.25) is 0 Å². The Morgan fingerprint density at radius 3 is 2.57 bits per heavy atom. The highest BCUT2D eigenvalue weighted by Gasteiger charge is 2.40. The number of nitrogens with one attached hydrogen (secondary N) is 2. The van der Waals surface area contributed by atoms with Crippen LogP contribution in [-0.4, -0.2) is 16.4 Å². The van der Waals surface area contributed by atoms with E-state index in [9.17, 15) is 22.4 Å². The van der Waals surface area contributed by atoms with E-state index < -0.39 is 29.0 Å². The van der Waals surface area contributed by atoms with Crippen molar-refractivity contribution in [1.82, 2.24) is 10.4 Å². The average molecular weight is 395 g/mol. The summed E-state index contributed by atoms with van der Waals surface area (Å²) in [6.45, 7) is 3.19. The number of pyridine rings is 1. The number of anilines is 2. The van der Waals surface area contributed by atoms with Crippen molar-refractivity contribution in [2.45, 2.75) is 25.6 Å². The average Bonchev–Trinajstić information content (AvgIpc) is 2.90. The lowest BCUT2D eigenvalue weighted by Crippen LogP contribution is -2.53. The van der Waals surface area contributed by atoms with Crippen LogP contribution in [0.5, 0.6) is 0 Å². The van der Waals surface area contributed by atoms with Gasteiger partial charge in [-0.1, -0.05) is 12.1 Å². The topological polar surface area (TPSA) is 83.3 Å². The Balaban J connectivity index is 1.79. The summed E-state index contributed by atoms with van der Waals surface area (Å²) in [5.41, 5.74) is 7.25. The van der Waals surface area contributed by atoms with E-state index in [4.69, 9.17) is 5.73 Å². The highest BCUT2D eigenvalue weighted by Crippen LogP contribution is 2.31. The zero-order valence-corrected chi connectivity index (χ0v) is 14.9. The highest BCUT2D eigenvalue weighted by atomic mass is 19.4. The molecule has 3 rings (SSSR count). The van der Waals surface area contributed by atoms with Crippen molar-refractivity contribution in [2.75, 3.05) is 10.3 Å². The lowest BCUT2D eigenvalue weighted by molar-refractivity contribution is -0.137. The number of nitrogens with zero attached hydrogens (tertiary/aromatic N) is 2. The molecule has 0 saturated carbocycles. The Morgan fingerprint density at radius 2 is 2.00 bits per heavy atom. The lowest BCUT2D eigenvalue weighted by atomic mass is 10.0. The summed E-state index contributed by atoms with van der Waals surface area (Å²) >= 11 is 0. The number of hydrogen-bond donors (Lipinski definition) is 3. The molecule has 0 spiro atoms. The molecular weight excluding hydrogens is 378 g/mol. The van der Waals surface area contributed by atoms with Crippen molar-refractivity contribution in [1.29, 1.82) is 0 Å². The van der Waals surface area contributed by atoms with Crippen molar-refractivity contribution >= 4 is 17.4 Å². The van der Waals surface area contributed by atoms with Gasteiger partial charge in [0, 0.05) is 6.20 Å². The van der Waals surface area contributed by atoms with Crippen LogP contribution in [0, 0.1) is 12.7 Å². The summed E-state index contributed by atoms with van der Waals surface area (Å²) in [6.07, 6.45) is -2.51. The van der Waals surface area contributed by atoms with E-state index in [1.54, 1.807) is 19.1 Å². The maximum atomic E-state index is 14.2. The Morgan fingerprint density at radius 1 is 1.29 bits per heavy atom. The van der Waals surface area contributed by atoms with Gasteiger partial charge in [-0.25, -0.2) is 14.8 Å². The van der Waals surface area contributed by atoms with Gasteiger partial charge in [0.2, 0.25) is 0 Å². The minimum absolute atomic E-state index is 0.0616. The van der Waals surface area contributed by atoms with Crippen LogP contribution in [-0.2, 0) is 11.0 Å². The monoisotopic (exact) mass is 395 g/mol. The van der Waals surface area contributed by atoms with Gasteiger partial charge in [-0.15, -0.1) is 0 Å². The minimum Gasteiger partial charge on any atom is -0.384 e. The molecule has 1 aliphatic heterocycles. The van der Waals surface area contributed by atoms with E-state index in [1.807, 2.05) is 0 Å². The second-order valence-electron chi connectivity index (χ2n) is 6.51. The number of aromatic nitrogens is 1. The molecule has 10 heteroatoms. The predicted octanol–water partition coefficient (Wildman–Crippen LogP) is 3.07. The van der Waals surface area contributed by atoms with Gasteiger partial charge in [0.05, 0.1) is 11.3 Å². The quantitative estimate of drug-likeness (QED) is 0.696. The molecule has 0 aliphatic carbocycles. The van der Waals surface area contributed by atoms with E-state index >= 15 is 0 Å². The third-order valence-corrected chi connectivity index (χ3v) is 4.26. The molecule has 2 aromatic rings. The van der Waals surface area contributed by atoms with Gasteiger partial charge in [-0.05, 0) is 43.7 Å².